The molecular weight excluding hydrogens is 260 g/mol. The Bertz CT molecular complexity index is 549. The van der Waals surface area contributed by atoms with E-state index < -0.39 is 0 Å². The van der Waals surface area contributed by atoms with Gasteiger partial charge in [0.1, 0.15) is 12.7 Å². The minimum Gasteiger partial charge on any atom is -0.338 e. The van der Waals surface area contributed by atoms with E-state index in [1.165, 1.54) is 16.8 Å². The molecule has 0 saturated carbocycles. The molecule has 6 heteroatoms. The third kappa shape index (κ3) is 2.84. The summed E-state index contributed by atoms with van der Waals surface area (Å²) in [6, 6.07) is 2.13. The molecule has 19 heavy (non-hydrogen) atoms. The van der Waals surface area contributed by atoms with Gasteiger partial charge in [0.25, 0.3) is 0 Å². The monoisotopic (exact) mass is 276 g/mol. The van der Waals surface area contributed by atoms with Crippen LogP contribution in [-0.4, -0.2) is 32.1 Å². The van der Waals surface area contributed by atoms with Crippen LogP contribution < -0.4 is 0 Å². The minimum atomic E-state index is 0.247. The summed E-state index contributed by atoms with van der Waals surface area (Å²) in [4.78, 5) is 19.4. The molecule has 2 aromatic heterocycles. The van der Waals surface area contributed by atoms with Crippen molar-refractivity contribution >= 4 is 17.2 Å². The van der Waals surface area contributed by atoms with Crippen LogP contribution in [0.3, 0.4) is 0 Å². The van der Waals surface area contributed by atoms with Crippen LogP contribution in [0.15, 0.2) is 24.1 Å². The molecule has 0 unspecified atom stereocenters. The first-order valence-electron chi connectivity index (χ1n) is 6.48. The SMILES string of the molecule is O=C(CCCn1cncn1)N1CCc2sccc2C1. The maximum Gasteiger partial charge on any atom is 0.222 e. The molecule has 0 spiro atoms. The summed E-state index contributed by atoms with van der Waals surface area (Å²) in [6.07, 6.45) is 5.60. The van der Waals surface area contributed by atoms with Crippen molar-refractivity contribution in [3.05, 3.63) is 34.5 Å². The van der Waals surface area contributed by atoms with Gasteiger partial charge in [0, 0.05) is 30.9 Å². The van der Waals surface area contributed by atoms with Crippen LogP contribution in [0.5, 0.6) is 0 Å². The number of thiophene rings is 1. The highest BCUT2D eigenvalue weighted by Crippen LogP contribution is 2.24. The number of carbonyl (C=O) groups is 1. The summed E-state index contributed by atoms with van der Waals surface area (Å²) < 4.78 is 1.76. The number of amides is 1. The van der Waals surface area contributed by atoms with Crippen LogP contribution in [0.1, 0.15) is 23.3 Å². The van der Waals surface area contributed by atoms with Crippen molar-refractivity contribution in [2.75, 3.05) is 6.54 Å². The largest absolute Gasteiger partial charge is 0.338 e. The second kappa shape index (κ2) is 5.52. The second-order valence-electron chi connectivity index (χ2n) is 4.70. The molecule has 3 heterocycles. The first-order valence-corrected chi connectivity index (χ1v) is 7.36. The van der Waals surface area contributed by atoms with E-state index in [-0.39, 0.29) is 5.91 Å². The zero-order valence-electron chi connectivity index (χ0n) is 10.7. The van der Waals surface area contributed by atoms with Crippen molar-refractivity contribution in [1.29, 1.82) is 0 Å². The third-order valence-corrected chi connectivity index (χ3v) is 4.43. The predicted molar refractivity (Wildman–Crippen MR) is 72.7 cm³/mol. The van der Waals surface area contributed by atoms with Crippen LogP contribution in [0.2, 0.25) is 0 Å². The van der Waals surface area contributed by atoms with Gasteiger partial charge in [-0.1, -0.05) is 0 Å². The van der Waals surface area contributed by atoms with E-state index in [2.05, 4.69) is 21.5 Å². The molecule has 0 saturated heterocycles. The summed E-state index contributed by atoms with van der Waals surface area (Å²) in [5, 5.41) is 6.14. The molecule has 1 aliphatic heterocycles. The van der Waals surface area contributed by atoms with Gasteiger partial charge in [-0.15, -0.1) is 11.3 Å². The maximum absolute atomic E-state index is 12.1. The van der Waals surface area contributed by atoms with Crippen molar-refractivity contribution in [3.63, 3.8) is 0 Å². The summed E-state index contributed by atoms with van der Waals surface area (Å²) in [5.41, 5.74) is 1.32. The Morgan fingerprint density at radius 1 is 1.47 bits per heavy atom. The van der Waals surface area contributed by atoms with Crippen molar-refractivity contribution in [2.45, 2.75) is 32.4 Å². The summed E-state index contributed by atoms with van der Waals surface area (Å²) in [7, 11) is 0. The van der Waals surface area contributed by atoms with Gasteiger partial charge in [-0.2, -0.15) is 5.10 Å². The highest BCUT2D eigenvalue weighted by atomic mass is 32.1. The van der Waals surface area contributed by atoms with Crippen LogP contribution in [0.4, 0.5) is 0 Å². The lowest BCUT2D eigenvalue weighted by atomic mass is 10.1. The Balaban J connectivity index is 1.49. The van der Waals surface area contributed by atoms with Crippen molar-refractivity contribution in [3.8, 4) is 0 Å². The minimum absolute atomic E-state index is 0.247. The lowest BCUT2D eigenvalue weighted by molar-refractivity contribution is -0.132. The topological polar surface area (TPSA) is 51.0 Å². The molecular formula is C13H16N4OS. The van der Waals surface area contributed by atoms with E-state index in [4.69, 9.17) is 0 Å². The fourth-order valence-corrected chi connectivity index (χ4v) is 3.25. The molecule has 0 aromatic carbocycles. The molecule has 1 aliphatic rings. The number of fused-ring (bicyclic) bond motifs is 1. The number of hydrogen-bond acceptors (Lipinski definition) is 4. The molecule has 0 fully saturated rings. The standard InChI is InChI=1S/C13H16N4OS/c18-13(2-1-5-17-10-14-9-15-17)16-6-3-12-11(8-16)4-7-19-12/h4,7,9-10H,1-3,5-6,8H2. The molecule has 0 N–H and O–H groups in total. The summed E-state index contributed by atoms with van der Waals surface area (Å²) in [5.74, 6) is 0.247. The van der Waals surface area contributed by atoms with Gasteiger partial charge in [-0.25, -0.2) is 4.98 Å². The molecule has 1 amide bonds. The summed E-state index contributed by atoms with van der Waals surface area (Å²) >= 11 is 1.80. The average molecular weight is 276 g/mol. The Morgan fingerprint density at radius 3 is 3.26 bits per heavy atom. The van der Waals surface area contributed by atoms with E-state index in [1.54, 1.807) is 22.3 Å². The van der Waals surface area contributed by atoms with E-state index in [1.807, 2.05) is 4.90 Å². The Kier molecular flexibility index (Phi) is 3.59. The first kappa shape index (κ1) is 12.3. The molecule has 0 bridgehead atoms. The van der Waals surface area contributed by atoms with Crippen LogP contribution >= 0.6 is 11.3 Å². The average Bonchev–Trinajstić information content (AvgIpc) is 3.08. The van der Waals surface area contributed by atoms with Gasteiger partial charge in [-0.3, -0.25) is 9.48 Å². The molecule has 0 aliphatic carbocycles. The number of aromatic nitrogens is 3. The van der Waals surface area contributed by atoms with Crippen LogP contribution in [-0.2, 0) is 24.3 Å². The van der Waals surface area contributed by atoms with E-state index in [0.29, 0.717) is 6.42 Å². The van der Waals surface area contributed by atoms with Crippen molar-refractivity contribution in [1.82, 2.24) is 19.7 Å². The number of nitrogens with zero attached hydrogens (tertiary/aromatic N) is 4. The first-order chi connectivity index (χ1) is 9.33. The lowest BCUT2D eigenvalue weighted by Gasteiger charge is -2.27. The Hall–Kier alpha value is -1.69. The molecule has 2 aromatic rings. The van der Waals surface area contributed by atoms with Gasteiger partial charge < -0.3 is 4.90 Å². The maximum atomic E-state index is 12.1. The van der Waals surface area contributed by atoms with E-state index in [0.717, 1.165) is 32.5 Å². The Morgan fingerprint density at radius 2 is 2.42 bits per heavy atom. The van der Waals surface area contributed by atoms with Crippen molar-refractivity contribution in [2.24, 2.45) is 0 Å². The van der Waals surface area contributed by atoms with Gasteiger partial charge in [0.15, 0.2) is 0 Å². The van der Waals surface area contributed by atoms with Gasteiger partial charge in [0.05, 0.1) is 0 Å². The quantitative estimate of drug-likeness (QED) is 0.854. The number of aryl methyl sites for hydroxylation is 1. The summed E-state index contributed by atoms with van der Waals surface area (Å²) in [6.45, 7) is 2.39. The van der Waals surface area contributed by atoms with Crippen LogP contribution in [0.25, 0.3) is 0 Å². The predicted octanol–water partition coefficient (Wildman–Crippen LogP) is 1.70. The highest BCUT2D eigenvalue weighted by Gasteiger charge is 2.20. The van der Waals surface area contributed by atoms with Gasteiger partial charge in [-0.05, 0) is 29.9 Å². The molecule has 0 radical (unpaired) electrons. The Labute approximate surface area is 115 Å². The van der Waals surface area contributed by atoms with Crippen LogP contribution in [0, 0.1) is 0 Å². The number of hydrogen-bond donors (Lipinski definition) is 0. The third-order valence-electron chi connectivity index (χ3n) is 3.40. The normalized spacial score (nSPS) is 14.4. The molecule has 100 valence electrons. The highest BCUT2D eigenvalue weighted by molar-refractivity contribution is 7.10. The van der Waals surface area contributed by atoms with Gasteiger partial charge >= 0.3 is 0 Å². The fourth-order valence-electron chi connectivity index (χ4n) is 2.36. The zero-order valence-corrected chi connectivity index (χ0v) is 11.5. The zero-order chi connectivity index (χ0) is 13.1. The lowest BCUT2D eigenvalue weighted by Crippen LogP contribution is -2.35. The van der Waals surface area contributed by atoms with Crippen molar-refractivity contribution < 1.29 is 4.79 Å². The molecule has 5 nitrogen and oxygen atoms in total. The van der Waals surface area contributed by atoms with Gasteiger partial charge in [0.2, 0.25) is 5.91 Å². The smallest absolute Gasteiger partial charge is 0.222 e. The fraction of sp³-hybridized carbons (Fsp3) is 0.462. The molecule has 3 rings (SSSR count). The van der Waals surface area contributed by atoms with E-state index in [9.17, 15) is 4.79 Å². The number of rotatable bonds is 4. The second-order valence-corrected chi connectivity index (χ2v) is 5.70. The number of carbonyl (C=O) groups excluding carboxylic acids is 1. The molecule has 0 atom stereocenters. The van der Waals surface area contributed by atoms with E-state index >= 15 is 0 Å².